The van der Waals surface area contributed by atoms with E-state index in [9.17, 15) is 28.1 Å². The highest BCUT2D eigenvalue weighted by Crippen LogP contribution is 2.33. The lowest BCUT2D eigenvalue weighted by molar-refractivity contribution is -0.384. The van der Waals surface area contributed by atoms with Gasteiger partial charge in [-0.15, -0.1) is 10.2 Å². The lowest BCUT2D eigenvalue weighted by atomic mass is 10.2. The van der Waals surface area contributed by atoms with Crippen LogP contribution in [-0.2, 0) is 11.0 Å². The molecule has 30 heavy (non-hydrogen) atoms. The molecule has 1 N–H and O–H groups in total. The molecule has 0 fully saturated rings. The van der Waals surface area contributed by atoms with Gasteiger partial charge in [0.25, 0.3) is 5.69 Å². The Bertz CT molecular complexity index is 1140. The number of pyridine rings is 1. The van der Waals surface area contributed by atoms with Crippen LogP contribution in [0.1, 0.15) is 5.56 Å². The number of amides is 1. The molecule has 1 amide bonds. The van der Waals surface area contributed by atoms with Crippen LogP contribution in [0.3, 0.4) is 0 Å². The van der Waals surface area contributed by atoms with Crippen LogP contribution in [0.25, 0.3) is 5.65 Å². The molecule has 158 valence electrons. The Balaban J connectivity index is 1.78. The van der Waals surface area contributed by atoms with Gasteiger partial charge in [-0.3, -0.25) is 19.3 Å². The largest absolute Gasteiger partial charge is 0.496 e. The van der Waals surface area contributed by atoms with Crippen molar-refractivity contribution < 1.29 is 27.6 Å². The van der Waals surface area contributed by atoms with Gasteiger partial charge in [0, 0.05) is 6.20 Å². The number of anilines is 1. The molecule has 2 heterocycles. The quantitative estimate of drug-likeness (QED) is 0.335. The van der Waals surface area contributed by atoms with E-state index in [-0.39, 0.29) is 38.7 Å². The second-order valence-corrected chi connectivity index (χ2v) is 7.08. The van der Waals surface area contributed by atoms with Gasteiger partial charge in [0.1, 0.15) is 11.4 Å². The number of alkyl halides is 3. The normalized spacial score (nSPS) is 11.5. The van der Waals surface area contributed by atoms with Crippen LogP contribution in [0.15, 0.2) is 35.6 Å². The van der Waals surface area contributed by atoms with Gasteiger partial charge >= 0.3 is 6.18 Å². The topological polar surface area (TPSA) is 112 Å². The predicted molar refractivity (Wildman–Crippen MR) is 102 cm³/mol. The van der Waals surface area contributed by atoms with Gasteiger partial charge in [-0.1, -0.05) is 23.4 Å². The minimum absolute atomic E-state index is 0.00151. The van der Waals surface area contributed by atoms with Crippen molar-refractivity contribution >= 4 is 46.3 Å². The average molecular weight is 462 g/mol. The maximum atomic E-state index is 13.0. The lowest BCUT2D eigenvalue weighted by Crippen LogP contribution is -2.15. The summed E-state index contributed by atoms with van der Waals surface area (Å²) in [5.41, 5.74) is -1.43. The molecule has 9 nitrogen and oxygen atoms in total. The lowest BCUT2D eigenvalue weighted by Gasteiger charge is -2.09. The van der Waals surface area contributed by atoms with Crippen LogP contribution in [0.5, 0.6) is 5.75 Å². The smallest absolute Gasteiger partial charge is 0.417 e. The fourth-order valence-electron chi connectivity index (χ4n) is 2.40. The first-order valence-electron chi connectivity index (χ1n) is 7.96. The molecule has 0 aliphatic carbocycles. The van der Waals surface area contributed by atoms with Gasteiger partial charge in [-0.25, -0.2) is 0 Å². The van der Waals surface area contributed by atoms with Gasteiger partial charge in [-0.05, 0) is 18.2 Å². The van der Waals surface area contributed by atoms with Crippen LogP contribution in [0.2, 0.25) is 5.02 Å². The summed E-state index contributed by atoms with van der Waals surface area (Å²) in [7, 11) is 1.34. The summed E-state index contributed by atoms with van der Waals surface area (Å²) in [5, 5.41) is 20.8. The first-order valence-corrected chi connectivity index (χ1v) is 9.33. The Hall–Kier alpha value is -3.06. The molecule has 0 saturated carbocycles. The van der Waals surface area contributed by atoms with E-state index in [4.69, 9.17) is 16.3 Å². The number of carbonyl (C=O) groups is 1. The second kappa shape index (κ2) is 8.36. The van der Waals surface area contributed by atoms with Crippen LogP contribution in [0, 0.1) is 10.1 Å². The number of thioether (sulfide) groups is 1. The minimum atomic E-state index is -4.63. The highest BCUT2D eigenvalue weighted by atomic mass is 35.5. The Morgan fingerprint density at radius 2 is 2.10 bits per heavy atom. The number of rotatable bonds is 6. The summed E-state index contributed by atoms with van der Waals surface area (Å²) in [6.45, 7) is 0. The number of benzene rings is 1. The monoisotopic (exact) mass is 461 g/mol. The number of fused-ring (bicyclic) bond motifs is 1. The van der Waals surface area contributed by atoms with E-state index in [1.807, 2.05) is 0 Å². The van der Waals surface area contributed by atoms with E-state index in [2.05, 4.69) is 15.5 Å². The van der Waals surface area contributed by atoms with Crippen LogP contribution < -0.4 is 10.1 Å². The number of nitro groups is 1. The van der Waals surface area contributed by atoms with E-state index in [0.29, 0.717) is 0 Å². The van der Waals surface area contributed by atoms with Gasteiger partial charge in [-0.2, -0.15) is 13.2 Å². The number of aromatic nitrogens is 3. The summed E-state index contributed by atoms with van der Waals surface area (Å²) in [6, 6.07) is 4.62. The summed E-state index contributed by atoms with van der Waals surface area (Å²) in [4.78, 5) is 22.7. The molecule has 0 bridgehead atoms. The van der Waals surface area contributed by atoms with Gasteiger partial charge in [0.05, 0.1) is 34.4 Å². The zero-order valence-corrected chi connectivity index (χ0v) is 16.5. The zero-order valence-electron chi connectivity index (χ0n) is 14.9. The number of ether oxygens (including phenoxy) is 1. The van der Waals surface area contributed by atoms with Crippen LogP contribution >= 0.6 is 23.4 Å². The van der Waals surface area contributed by atoms with Crippen molar-refractivity contribution in [2.45, 2.75) is 11.3 Å². The molecule has 2 aromatic heterocycles. The molecular weight excluding hydrogens is 451 g/mol. The molecule has 0 radical (unpaired) electrons. The third kappa shape index (κ3) is 4.57. The number of hydrogen-bond acceptors (Lipinski definition) is 7. The standard InChI is InChI=1S/C16H11ClF3N5O4S/c1-29-9-2-3-11(12(5-9)25(27)28)21-13(26)7-30-15-23-22-14-10(17)4-8(6-24(14)15)16(18,19)20/h2-6H,7H2,1H3,(H,21,26). The highest BCUT2D eigenvalue weighted by molar-refractivity contribution is 7.99. The molecule has 0 aliphatic rings. The molecule has 1 aromatic carbocycles. The molecule has 0 atom stereocenters. The zero-order chi connectivity index (χ0) is 22.1. The second-order valence-electron chi connectivity index (χ2n) is 5.73. The molecule has 0 spiro atoms. The summed E-state index contributed by atoms with van der Waals surface area (Å²) >= 11 is 6.63. The SMILES string of the molecule is COc1ccc(NC(=O)CSc2nnc3c(Cl)cc(C(F)(F)F)cn23)c([N+](=O)[O-])c1. The first-order chi connectivity index (χ1) is 14.1. The third-order valence-electron chi connectivity index (χ3n) is 3.76. The molecule has 0 unspecified atom stereocenters. The molecule has 3 aromatic rings. The Labute approximate surface area is 175 Å². The van der Waals surface area contributed by atoms with E-state index in [1.54, 1.807) is 0 Å². The Morgan fingerprint density at radius 1 is 1.37 bits per heavy atom. The summed E-state index contributed by atoms with van der Waals surface area (Å²) in [5.74, 6) is -0.692. The average Bonchev–Trinajstić information content (AvgIpc) is 3.09. The van der Waals surface area contributed by atoms with E-state index < -0.39 is 22.6 Å². The summed E-state index contributed by atoms with van der Waals surface area (Å²) in [6.07, 6.45) is -3.86. The van der Waals surface area contributed by atoms with E-state index in [1.165, 1.54) is 19.2 Å². The number of methoxy groups -OCH3 is 1. The van der Waals surface area contributed by atoms with Crippen molar-refractivity contribution in [1.82, 2.24) is 14.6 Å². The van der Waals surface area contributed by atoms with Gasteiger partial charge < -0.3 is 10.1 Å². The number of halogens is 4. The Morgan fingerprint density at radius 3 is 2.73 bits per heavy atom. The van der Waals surface area contributed by atoms with Gasteiger partial charge in [0.2, 0.25) is 5.91 Å². The molecule has 3 rings (SSSR count). The number of nitrogens with one attached hydrogen (secondary N) is 1. The number of nitrogens with zero attached hydrogens (tertiary/aromatic N) is 4. The van der Waals surface area contributed by atoms with Crippen LogP contribution in [0.4, 0.5) is 24.5 Å². The van der Waals surface area contributed by atoms with Crippen molar-refractivity contribution in [3.8, 4) is 5.75 Å². The van der Waals surface area contributed by atoms with Gasteiger partial charge in [0.15, 0.2) is 10.8 Å². The Kier molecular flexibility index (Phi) is 6.03. The molecule has 0 saturated heterocycles. The van der Waals surface area contributed by atoms with Crippen molar-refractivity contribution in [3.05, 3.63) is 51.2 Å². The van der Waals surface area contributed by atoms with Crippen molar-refractivity contribution in [2.24, 2.45) is 0 Å². The number of nitro benzene ring substituents is 1. The maximum Gasteiger partial charge on any atom is 0.417 e. The maximum absolute atomic E-state index is 13.0. The van der Waals surface area contributed by atoms with E-state index >= 15 is 0 Å². The number of carbonyl (C=O) groups excluding carboxylic acids is 1. The fraction of sp³-hybridized carbons (Fsp3) is 0.188. The number of hydrogen-bond donors (Lipinski definition) is 1. The van der Waals surface area contributed by atoms with E-state index in [0.717, 1.165) is 34.5 Å². The first kappa shape index (κ1) is 21.6. The molecule has 0 aliphatic heterocycles. The third-order valence-corrected chi connectivity index (χ3v) is 4.99. The fourth-order valence-corrected chi connectivity index (χ4v) is 3.35. The minimum Gasteiger partial charge on any atom is -0.496 e. The van der Waals surface area contributed by atoms with Crippen molar-refractivity contribution in [3.63, 3.8) is 0 Å². The molecular formula is C16H11ClF3N5O4S. The van der Waals surface area contributed by atoms with Crippen molar-refractivity contribution in [1.29, 1.82) is 0 Å². The summed E-state index contributed by atoms with van der Waals surface area (Å²) < 4.78 is 44.9. The predicted octanol–water partition coefficient (Wildman–Crippen LogP) is 4.05. The molecule has 14 heteroatoms. The van der Waals surface area contributed by atoms with Crippen LogP contribution in [-0.4, -0.2) is 38.3 Å². The van der Waals surface area contributed by atoms with Crippen molar-refractivity contribution in [2.75, 3.05) is 18.2 Å². The highest BCUT2D eigenvalue weighted by Gasteiger charge is 2.32.